The summed E-state index contributed by atoms with van der Waals surface area (Å²) in [5, 5.41) is 3.04. The van der Waals surface area contributed by atoms with Crippen LogP contribution in [0.2, 0.25) is 0 Å². The Morgan fingerprint density at radius 1 is 1.23 bits per heavy atom. The highest BCUT2D eigenvalue weighted by atomic mass is 35.5. The van der Waals surface area contributed by atoms with E-state index in [2.05, 4.69) is 5.32 Å². The van der Waals surface area contributed by atoms with Gasteiger partial charge in [-0.05, 0) is 37.1 Å². The van der Waals surface area contributed by atoms with Gasteiger partial charge in [-0.15, -0.1) is 11.6 Å². The molecule has 0 aromatic heterocycles. The molecule has 1 fully saturated rings. The van der Waals surface area contributed by atoms with Crippen molar-refractivity contribution in [2.75, 3.05) is 38.0 Å². The molecule has 1 heterocycles. The first kappa shape index (κ1) is 16.6. The van der Waals surface area contributed by atoms with Gasteiger partial charge >= 0.3 is 0 Å². The quantitative estimate of drug-likeness (QED) is 0.858. The molecule has 1 saturated heterocycles. The molecule has 1 aliphatic rings. The number of hydrogen-bond donors (Lipinski definition) is 1. The fourth-order valence-electron chi connectivity index (χ4n) is 2.54. The van der Waals surface area contributed by atoms with E-state index in [0.717, 1.165) is 18.5 Å². The summed E-state index contributed by atoms with van der Waals surface area (Å²) in [6.45, 7) is 1.30. The third kappa shape index (κ3) is 4.13. The van der Waals surface area contributed by atoms with E-state index in [-0.39, 0.29) is 23.7 Å². The molecule has 1 N–H and O–H groups in total. The summed E-state index contributed by atoms with van der Waals surface area (Å²) in [4.78, 5) is 27.5. The molecule has 0 bridgehead atoms. The van der Waals surface area contributed by atoms with Crippen molar-refractivity contribution in [3.8, 4) is 0 Å². The third-order valence-electron chi connectivity index (χ3n) is 3.94. The minimum Gasteiger partial charge on any atom is -0.378 e. The molecule has 2 rings (SSSR count). The zero-order chi connectivity index (χ0) is 16.1. The highest BCUT2D eigenvalue weighted by molar-refractivity contribution is 6.27. The first-order valence-electron chi connectivity index (χ1n) is 7.43. The molecule has 0 saturated carbocycles. The maximum atomic E-state index is 12.2. The van der Waals surface area contributed by atoms with Crippen molar-refractivity contribution in [3.05, 3.63) is 29.8 Å². The van der Waals surface area contributed by atoms with E-state index in [1.165, 1.54) is 0 Å². The van der Waals surface area contributed by atoms with Crippen LogP contribution in [0.1, 0.15) is 23.2 Å². The van der Waals surface area contributed by atoms with E-state index < -0.39 is 0 Å². The number of alkyl halides is 1. The summed E-state index contributed by atoms with van der Waals surface area (Å²) in [5.41, 5.74) is 1.72. The number of benzene rings is 1. The zero-order valence-corrected chi connectivity index (χ0v) is 13.8. The molecule has 1 aromatic rings. The minimum atomic E-state index is -0.0626. The van der Waals surface area contributed by atoms with Gasteiger partial charge in [0.1, 0.15) is 5.88 Å². The van der Waals surface area contributed by atoms with Crippen LogP contribution in [-0.4, -0.2) is 55.8 Å². The number of amides is 2. The number of carbonyl (C=O) groups excluding carboxylic acids is 2. The lowest BCUT2D eigenvalue weighted by atomic mass is 10.0. The van der Waals surface area contributed by atoms with E-state index in [1.807, 2.05) is 43.3 Å². The molecule has 5 nitrogen and oxygen atoms in total. The van der Waals surface area contributed by atoms with Gasteiger partial charge in [-0.1, -0.05) is 0 Å². The van der Waals surface area contributed by atoms with Gasteiger partial charge in [0.25, 0.3) is 5.91 Å². The van der Waals surface area contributed by atoms with Gasteiger partial charge in [0.05, 0.1) is 0 Å². The highest BCUT2D eigenvalue weighted by Gasteiger charge is 2.23. The smallest absolute Gasteiger partial charge is 0.251 e. The second kappa shape index (κ2) is 7.49. The predicted octanol–water partition coefficient (Wildman–Crippen LogP) is 1.71. The predicted molar refractivity (Wildman–Crippen MR) is 88.6 cm³/mol. The molecule has 0 aliphatic carbocycles. The van der Waals surface area contributed by atoms with Crippen molar-refractivity contribution in [1.29, 1.82) is 0 Å². The van der Waals surface area contributed by atoms with Crippen LogP contribution in [0, 0.1) is 0 Å². The van der Waals surface area contributed by atoms with Crippen LogP contribution in [0.3, 0.4) is 0 Å². The number of anilines is 1. The molecule has 0 atom stereocenters. The minimum absolute atomic E-state index is 0.0231. The summed E-state index contributed by atoms with van der Waals surface area (Å²) >= 11 is 5.56. The summed E-state index contributed by atoms with van der Waals surface area (Å²) in [7, 11) is 3.93. The molecule has 22 heavy (non-hydrogen) atoms. The van der Waals surface area contributed by atoms with E-state index >= 15 is 0 Å². The van der Waals surface area contributed by atoms with E-state index in [9.17, 15) is 9.59 Å². The van der Waals surface area contributed by atoms with Crippen molar-refractivity contribution in [2.24, 2.45) is 0 Å². The Bertz CT molecular complexity index is 523. The van der Waals surface area contributed by atoms with Crippen LogP contribution in [0.25, 0.3) is 0 Å². The largest absolute Gasteiger partial charge is 0.378 e. The number of hydrogen-bond acceptors (Lipinski definition) is 3. The van der Waals surface area contributed by atoms with Crippen LogP contribution < -0.4 is 10.2 Å². The molecule has 0 spiro atoms. The maximum absolute atomic E-state index is 12.2. The Morgan fingerprint density at radius 2 is 1.82 bits per heavy atom. The van der Waals surface area contributed by atoms with Gasteiger partial charge in [0, 0.05) is 44.5 Å². The normalized spacial score (nSPS) is 15.5. The lowest BCUT2D eigenvalue weighted by Gasteiger charge is -2.32. The highest BCUT2D eigenvalue weighted by Crippen LogP contribution is 2.14. The summed E-state index contributed by atoms with van der Waals surface area (Å²) < 4.78 is 0. The summed E-state index contributed by atoms with van der Waals surface area (Å²) in [5.74, 6) is -0.0759. The van der Waals surface area contributed by atoms with E-state index in [4.69, 9.17) is 11.6 Å². The first-order chi connectivity index (χ1) is 10.5. The van der Waals surface area contributed by atoms with Crippen LogP contribution in [0.4, 0.5) is 5.69 Å². The molecule has 1 aliphatic heterocycles. The molecule has 1 aromatic carbocycles. The molecule has 2 amide bonds. The average Bonchev–Trinajstić information content (AvgIpc) is 2.54. The SMILES string of the molecule is CN(C)c1ccc(C(=O)NC2CCN(C(=O)CCl)CC2)cc1. The van der Waals surface area contributed by atoms with Crippen LogP contribution in [-0.2, 0) is 4.79 Å². The molecule has 0 unspecified atom stereocenters. The second-order valence-corrected chi connectivity index (χ2v) is 5.97. The topological polar surface area (TPSA) is 52.7 Å². The molecular weight excluding hydrogens is 302 g/mol. The number of halogens is 1. The lowest BCUT2D eigenvalue weighted by Crippen LogP contribution is -2.46. The lowest BCUT2D eigenvalue weighted by molar-refractivity contribution is -0.129. The van der Waals surface area contributed by atoms with E-state index in [0.29, 0.717) is 18.7 Å². The number of carbonyl (C=O) groups is 2. The Kier molecular flexibility index (Phi) is 5.66. The summed E-state index contributed by atoms with van der Waals surface area (Å²) in [6, 6.07) is 7.63. The van der Waals surface area contributed by atoms with Crippen molar-refractivity contribution in [3.63, 3.8) is 0 Å². The Labute approximate surface area is 136 Å². The maximum Gasteiger partial charge on any atom is 0.251 e. The van der Waals surface area contributed by atoms with Crippen molar-refractivity contribution < 1.29 is 9.59 Å². The van der Waals surface area contributed by atoms with E-state index in [1.54, 1.807) is 4.90 Å². The van der Waals surface area contributed by atoms with Gasteiger partial charge in [-0.25, -0.2) is 0 Å². The number of piperidine rings is 1. The second-order valence-electron chi connectivity index (χ2n) is 5.70. The fraction of sp³-hybridized carbons (Fsp3) is 0.500. The molecule has 120 valence electrons. The summed E-state index contributed by atoms with van der Waals surface area (Å²) in [6.07, 6.45) is 1.54. The number of likely N-dealkylation sites (tertiary alicyclic amines) is 1. The standard InChI is InChI=1S/C16H22ClN3O2/c1-19(2)14-5-3-12(4-6-14)16(22)18-13-7-9-20(10-8-13)15(21)11-17/h3-6,13H,7-11H2,1-2H3,(H,18,22). The Hall–Kier alpha value is -1.75. The monoisotopic (exact) mass is 323 g/mol. The number of nitrogens with one attached hydrogen (secondary N) is 1. The van der Waals surface area contributed by atoms with Crippen LogP contribution in [0.15, 0.2) is 24.3 Å². The third-order valence-corrected chi connectivity index (χ3v) is 4.17. The number of rotatable bonds is 4. The molecular formula is C16H22ClN3O2. The van der Waals surface area contributed by atoms with Gasteiger partial charge in [-0.2, -0.15) is 0 Å². The van der Waals surface area contributed by atoms with Crippen LogP contribution in [0.5, 0.6) is 0 Å². The van der Waals surface area contributed by atoms with Gasteiger partial charge < -0.3 is 15.1 Å². The number of nitrogens with zero attached hydrogens (tertiary/aromatic N) is 2. The Morgan fingerprint density at radius 3 is 2.32 bits per heavy atom. The van der Waals surface area contributed by atoms with Gasteiger partial charge in [0.2, 0.25) is 5.91 Å². The van der Waals surface area contributed by atoms with Crippen molar-refractivity contribution in [2.45, 2.75) is 18.9 Å². The zero-order valence-electron chi connectivity index (χ0n) is 13.0. The van der Waals surface area contributed by atoms with Gasteiger partial charge in [-0.3, -0.25) is 9.59 Å². The first-order valence-corrected chi connectivity index (χ1v) is 7.96. The average molecular weight is 324 g/mol. The van der Waals surface area contributed by atoms with Crippen LogP contribution >= 0.6 is 11.6 Å². The van der Waals surface area contributed by atoms with Gasteiger partial charge in [0.15, 0.2) is 0 Å². The molecule has 0 radical (unpaired) electrons. The van der Waals surface area contributed by atoms with Crippen molar-refractivity contribution in [1.82, 2.24) is 10.2 Å². The Balaban J connectivity index is 1.86. The molecule has 6 heteroatoms. The fourth-order valence-corrected chi connectivity index (χ4v) is 2.71. The van der Waals surface area contributed by atoms with Crippen molar-refractivity contribution >= 4 is 29.1 Å².